The molecule has 5 heterocycles. The highest BCUT2D eigenvalue weighted by Crippen LogP contribution is 2.59. The molecule has 3 atom stereocenters. The first-order valence-electron chi connectivity index (χ1n) is 16.4. The van der Waals surface area contributed by atoms with E-state index in [1.54, 1.807) is 33.3 Å². The van der Waals surface area contributed by atoms with Gasteiger partial charge in [-0.05, 0) is 86.8 Å². The number of fused-ring (bicyclic) bond motifs is 3. The largest absolute Gasteiger partial charge is 0.433 e. The van der Waals surface area contributed by atoms with Gasteiger partial charge in [-0.2, -0.15) is 18.3 Å². The minimum atomic E-state index is -4.67. The average Bonchev–Trinajstić information content (AvgIpc) is 3.87. The molecule has 0 radical (unpaired) electrons. The van der Waals surface area contributed by atoms with Crippen molar-refractivity contribution in [3.63, 3.8) is 0 Å². The van der Waals surface area contributed by atoms with E-state index in [2.05, 4.69) is 15.3 Å². The summed E-state index contributed by atoms with van der Waals surface area (Å²) in [5.41, 5.74) is 4.58. The van der Waals surface area contributed by atoms with Gasteiger partial charge < -0.3 is 14.8 Å². The highest BCUT2D eigenvalue weighted by molar-refractivity contribution is 6.09. The Morgan fingerprint density at radius 2 is 1.80 bits per heavy atom. The summed E-state index contributed by atoms with van der Waals surface area (Å²) in [6.07, 6.45) is 4.15. The molecule has 1 aromatic carbocycles. The number of piperidine rings is 1. The fraction of sp³-hybridized carbons (Fsp3) is 0.389. The molecule has 3 fully saturated rings. The van der Waals surface area contributed by atoms with Crippen LogP contribution in [0, 0.1) is 19.3 Å². The Kier molecular flexibility index (Phi) is 6.83. The number of carbonyl (C=O) groups is 3. The number of halogens is 3. The molecule has 5 aromatic rings. The highest BCUT2D eigenvalue weighted by atomic mass is 19.4. The second-order valence-electron chi connectivity index (χ2n) is 14.1. The van der Waals surface area contributed by atoms with Crippen LogP contribution in [0.2, 0.25) is 0 Å². The first-order valence-corrected chi connectivity index (χ1v) is 16.4. The van der Waals surface area contributed by atoms with Gasteiger partial charge in [0.25, 0.3) is 0 Å². The SMILES string of the molecule is CC(=O)c1cn(CC(=O)N2[C@H](C(=O)Nc3nc(C(F)(F)F)ccc3C)C[C@@]3(C)C[C@@H]23)c2c(C)cc(-c3cnc4cc(C5CC5)nn4c3)cc12. The molecule has 8 rings (SSSR count). The lowest BCUT2D eigenvalue weighted by Gasteiger charge is -2.27. The number of hydrogen-bond donors (Lipinski definition) is 1. The lowest BCUT2D eigenvalue weighted by Crippen LogP contribution is -2.46. The fourth-order valence-electron chi connectivity index (χ4n) is 7.45. The molecule has 0 bridgehead atoms. The van der Waals surface area contributed by atoms with Crippen LogP contribution in [0.3, 0.4) is 0 Å². The number of rotatable bonds is 7. The zero-order valence-electron chi connectivity index (χ0n) is 27.4. The maximum atomic E-state index is 14.1. The lowest BCUT2D eigenvalue weighted by atomic mass is 10.0. The predicted molar refractivity (Wildman–Crippen MR) is 175 cm³/mol. The third kappa shape index (κ3) is 5.35. The molecule has 0 unspecified atom stereocenters. The second-order valence-corrected chi connectivity index (χ2v) is 14.1. The van der Waals surface area contributed by atoms with Crippen LogP contribution in [0.4, 0.5) is 19.0 Å². The number of nitrogens with one attached hydrogen (secondary N) is 1. The molecule has 10 nitrogen and oxygen atoms in total. The van der Waals surface area contributed by atoms with Crippen LogP contribution < -0.4 is 5.32 Å². The van der Waals surface area contributed by atoms with Crippen molar-refractivity contribution in [2.45, 2.75) is 84.1 Å². The highest BCUT2D eigenvalue weighted by Gasteiger charge is 2.64. The molecule has 252 valence electrons. The normalized spacial score (nSPS) is 21.7. The van der Waals surface area contributed by atoms with Crippen molar-refractivity contribution in [2.24, 2.45) is 5.41 Å². The number of aryl methyl sites for hydroxylation is 2. The van der Waals surface area contributed by atoms with Crippen molar-refractivity contribution in [3.8, 4) is 11.1 Å². The topological polar surface area (TPSA) is 114 Å². The first kappa shape index (κ1) is 31.2. The maximum absolute atomic E-state index is 14.1. The number of aromatic nitrogens is 5. The number of pyridine rings is 1. The summed E-state index contributed by atoms with van der Waals surface area (Å²) >= 11 is 0. The van der Waals surface area contributed by atoms with Gasteiger partial charge in [-0.15, -0.1) is 0 Å². The van der Waals surface area contributed by atoms with Gasteiger partial charge in [-0.25, -0.2) is 14.5 Å². The Balaban J connectivity index is 1.09. The molecule has 1 N–H and O–H groups in total. The summed E-state index contributed by atoms with van der Waals surface area (Å²) in [5, 5.41) is 7.98. The summed E-state index contributed by atoms with van der Waals surface area (Å²) in [4.78, 5) is 50.4. The van der Waals surface area contributed by atoms with Gasteiger partial charge in [0.1, 0.15) is 24.1 Å². The third-order valence-electron chi connectivity index (χ3n) is 10.4. The number of nitrogens with zero attached hydrogens (tertiary/aromatic N) is 6. The minimum Gasteiger partial charge on any atom is -0.337 e. The molecule has 3 aliphatic rings. The molecule has 1 aliphatic heterocycles. The van der Waals surface area contributed by atoms with E-state index >= 15 is 0 Å². The fourth-order valence-corrected chi connectivity index (χ4v) is 7.45. The molecular weight excluding hydrogens is 635 g/mol. The Morgan fingerprint density at radius 1 is 1.02 bits per heavy atom. The van der Waals surface area contributed by atoms with Crippen molar-refractivity contribution in [2.75, 3.05) is 5.32 Å². The van der Waals surface area contributed by atoms with E-state index in [4.69, 9.17) is 5.10 Å². The predicted octanol–water partition coefficient (Wildman–Crippen LogP) is 6.48. The van der Waals surface area contributed by atoms with Crippen LogP contribution in [0.25, 0.3) is 27.7 Å². The van der Waals surface area contributed by atoms with Gasteiger partial charge in [0, 0.05) is 53.1 Å². The zero-order valence-corrected chi connectivity index (χ0v) is 27.4. The molecule has 49 heavy (non-hydrogen) atoms. The standard InChI is InChI=1S/C36H34F3N7O3/c1-18-5-8-28(36(37,38)39)41-33(18)42-34(49)27-12-35(4)13-29(35)46(27)31(48)17-44-16-25(20(3)47)24-10-22(9-19(2)32(24)44)23-14-40-30-11-26(21-6-7-21)43-45(30)15-23/h5,8-11,14-16,21,27,29H,6-7,12-13,17H2,1-4H3,(H,41,42,49)/t27-,29+,35-/m0/s1. The van der Waals surface area contributed by atoms with Crippen LogP contribution in [0.5, 0.6) is 0 Å². The average molecular weight is 670 g/mol. The van der Waals surface area contributed by atoms with Gasteiger partial charge >= 0.3 is 6.18 Å². The zero-order chi connectivity index (χ0) is 34.6. The van der Waals surface area contributed by atoms with Crippen molar-refractivity contribution in [1.82, 2.24) is 29.0 Å². The van der Waals surface area contributed by atoms with Crippen LogP contribution >= 0.6 is 0 Å². The monoisotopic (exact) mass is 669 g/mol. The number of alkyl halides is 3. The van der Waals surface area contributed by atoms with E-state index in [-0.39, 0.29) is 35.5 Å². The van der Waals surface area contributed by atoms with Gasteiger partial charge in [-0.3, -0.25) is 14.4 Å². The van der Waals surface area contributed by atoms with Gasteiger partial charge in [0.05, 0.1) is 11.2 Å². The number of amides is 2. The van der Waals surface area contributed by atoms with Gasteiger partial charge in [-0.1, -0.05) is 13.0 Å². The summed E-state index contributed by atoms with van der Waals surface area (Å²) < 4.78 is 43.6. The first-order chi connectivity index (χ1) is 23.2. The molecule has 2 amide bonds. The summed E-state index contributed by atoms with van der Waals surface area (Å²) in [5.74, 6) is -0.724. The summed E-state index contributed by atoms with van der Waals surface area (Å²) in [7, 11) is 0. The van der Waals surface area contributed by atoms with Gasteiger partial charge in [0.2, 0.25) is 11.8 Å². The van der Waals surface area contributed by atoms with Crippen LogP contribution in [-0.4, -0.2) is 58.7 Å². The molecule has 4 aromatic heterocycles. The maximum Gasteiger partial charge on any atom is 0.433 e. The van der Waals surface area contributed by atoms with Crippen molar-refractivity contribution in [3.05, 3.63) is 77.0 Å². The quantitative estimate of drug-likeness (QED) is 0.199. The Labute approximate surface area is 279 Å². The lowest BCUT2D eigenvalue weighted by molar-refractivity contribution is -0.141. The van der Waals surface area contributed by atoms with Crippen LogP contribution in [0.1, 0.15) is 78.3 Å². The Bertz CT molecular complexity index is 2230. The van der Waals surface area contributed by atoms with Crippen molar-refractivity contribution >= 4 is 40.0 Å². The molecule has 1 saturated heterocycles. The second kappa shape index (κ2) is 10.7. The van der Waals surface area contributed by atoms with E-state index in [1.165, 1.54) is 13.0 Å². The number of anilines is 1. The van der Waals surface area contributed by atoms with E-state index in [0.717, 1.165) is 58.9 Å². The molecule has 0 spiro atoms. The van der Waals surface area contributed by atoms with Crippen molar-refractivity contribution in [1.29, 1.82) is 0 Å². The number of hydrogen-bond acceptors (Lipinski definition) is 6. The minimum absolute atomic E-state index is 0.119. The smallest absolute Gasteiger partial charge is 0.337 e. The third-order valence-corrected chi connectivity index (χ3v) is 10.4. The van der Waals surface area contributed by atoms with Crippen molar-refractivity contribution < 1.29 is 27.6 Å². The van der Waals surface area contributed by atoms with E-state index < -0.39 is 23.8 Å². The number of benzene rings is 1. The van der Waals surface area contributed by atoms with E-state index in [9.17, 15) is 27.6 Å². The molecule has 13 heteroatoms. The summed E-state index contributed by atoms with van der Waals surface area (Å²) in [6, 6.07) is 7.03. The number of carbonyl (C=O) groups excluding carboxylic acids is 3. The Hall–Kier alpha value is -5.07. The van der Waals surface area contributed by atoms with Gasteiger partial charge in [0.15, 0.2) is 11.4 Å². The van der Waals surface area contributed by atoms with E-state index in [0.29, 0.717) is 28.9 Å². The molecular formula is C36H34F3N7O3. The molecule has 2 saturated carbocycles. The molecule has 2 aliphatic carbocycles. The number of Topliss-reactive ketones (excluding diaryl/α,β-unsaturated/α-hetero) is 1. The van der Waals surface area contributed by atoms with E-state index in [1.807, 2.05) is 38.2 Å². The summed E-state index contributed by atoms with van der Waals surface area (Å²) in [6.45, 7) is 6.86. The number of likely N-dealkylation sites (tertiary alicyclic amines) is 1. The Morgan fingerprint density at radius 3 is 2.51 bits per heavy atom. The van der Waals surface area contributed by atoms with Crippen LogP contribution in [0.15, 0.2) is 48.9 Å². The van der Waals surface area contributed by atoms with Crippen LogP contribution in [-0.2, 0) is 22.3 Å². The number of ketones is 1.